The number of ether oxygens (including phenoxy) is 3. The number of carbonyl (C=O) groups is 6. The number of fused-ring (bicyclic) bond motifs is 2. The molecule has 38 nitrogen and oxygen atoms in total. The van der Waals surface area contributed by atoms with Crippen LogP contribution in [0.15, 0.2) is 109 Å². The molecule has 2 amide bonds. The number of nitrogens with one attached hydrogen (secondary N) is 8. The van der Waals surface area contributed by atoms with Crippen molar-refractivity contribution in [1.29, 1.82) is 0 Å². The number of nitrogen functional groups attached to an aromatic ring is 1. The maximum atomic E-state index is 13.0. The predicted octanol–water partition coefficient (Wildman–Crippen LogP) is 3.63. The van der Waals surface area contributed by atoms with Crippen molar-refractivity contribution in [3.05, 3.63) is 194 Å². The molecule has 524 valence electrons. The van der Waals surface area contributed by atoms with Gasteiger partial charge in [-0.3, -0.25) is 47.9 Å². The van der Waals surface area contributed by atoms with Crippen LogP contribution in [0.5, 0.6) is 0 Å². The third-order valence-electron chi connectivity index (χ3n) is 14.1. The highest BCUT2D eigenvalue weighted by molar-refractivity contribution is 9.10. The second-order valence-corrected chi connectivity index (χ2v) is 21.8. The molecular formula is C61H69BrN24O14. The summed E-state index contributed by atoms with van der Waals surface area (Å²) in [7, 11) is 3.71. The number of carbonyl (C=O) groups excluding carboxylic acids is 6. The van der Waals surface area contributed by atoms with Gasteiger partial charge in [-0.2, -0.15) is 0 Å². The number of nitrogens with zero attached hydrogens (tertiary/aromatic N) is 14. The molecule has 0 atom stereocenters. The Balaban J connectivity index is 0.000000191. The Morgan fingerprint density at radius 3 is 1.35 bits per heavy atom. The zero-order valence-electron chi connectivity index (χ0n) is 55.1. The molecule has 39 heteroatoms. The van der Waals surface area contributed by atoms with Gasteiger partial charge in [0.2, 0.25) is 0 Å². The number of anilines is 7. The van der Waals surface area contributed by atoms with E-state index >= 15 is 0 Å². The average molecular weight is 1440 g/mol. The molecule has 9 aromatic heterocycles. The smallest absolute Gasteiger partial charge is 0.356 e. The molecule has 12 rings (SSSR count). The van der Waals surface area contributed by atoms with Crippen LogP contribution in [0.4, 0.5) is 40.7 Å². The maximum absolute atomic E-state index is 13.0. The Bertz CT molecular complexity index is 4650. The number of esters is 3. The molecule has 0 bridgehead atoms. The zero-order valence-corrected chi connectivity index (χ0v) is 56.7. The molecule has 12 N–H and O–H groups in total. The van der Waals surface area contributed by atoms with Crippen molar-refractivity contribution in [2.45, 2.75) is 104 Å². The number of halogens is 1. The first kappa shape index (κ1) is 76.4. The van der Waals surface area contributed by atoms with Gasteiger partial charge in [0.1, 0.15) is 88.5 Å². The fourth-order valence-electron chi connectivity index (χ4n) is 9.27. The van der Waals surface area contributed by atoms with Crippen molar-refractivity contribution < 1.29 is 43.0 Å². The highest BCUT2D eigenvalue weighted by Gasteiger charge is 2.46. The fraction of sp³-hybridized carbons (Fsp3) is 0.311. The third-order valence-corrected chi connectivity index (χ3v) is 14.6. The van der Waals surface area contributed by atoms with E-state index in [1.54, 1.807) is 75.8 Å². The summed E-state index contributed by atoms with van der Waals surface area (Å²) in [5, 5.41) is 11.4. The number of Topliss-reactive ketones (excluding diaryl/α,β-unsaturated/α-hetero) is 1. The number of hydrogen-bond donors (Lipinski definition) is 10. The molecule has 3 aliphatic rings. The van der Waals surface area contributed by atoms with Gasteiger partial charge in [0.15, 0.2) is 22.1 Å². The van der Waals surface area contributed by atoms with Gasteiger partial charge in [-0.05, 0) is 113 Å². The lowest BCUT2D eigenvalue weighted by molar-refractivity contribution is -0.120. The fourth-order valence-corrected chi connectivity index (χ4v) is 9.64. The van der Waals surface area contributed by atoms with Crippen molar-refractivity contribution >= 4 is 92.2 Å². The number of aromatic amines is 4. The number of ketones is 1. The van der Waals surface area contributed by atoms with Gasteiger partial charge in [-0.15, -0.1) is 0 Å². The quantitative estimate of drug-likeness (QED) is 0.0690. The minimum atomic E-state index is -0.731. The average Bonchev–Trinajstić information content (AvgIpc) is 1.57. The normalized spacial score (nSPS) is 12.7. The lowest BCUT2D eigenvalue weighted by atomic mass is 9.89. The Morgan fingerprint density at radius 2 is 0.930 bits per heavy atom. The summed E-state index contributed by atoms with van der Waals surface area (Å²) < 4.78 is 15.2. The van der Waals surface area contributed by atoms with Crippen molar-refractivity contribution in [2.24, 2.45) is 5.73 Å². The van der Waals surface area contributed by atoms with Gasteiger partial charge in [0.25, 0.3) is 39.6 Å². The zero-order chi connectivity index (χ0) is 73.1. The lowest BCUT2D eigenvalue weighted by Crippen LogP contribution is -2.49. The number of amides is 2. The van der Waals surface area contributed by atoms with Crippen LogP contribution in [0.25, 0.3) is 0 Å². The van der Waals surface area contributed by atoms with E-state index < -0.39 is 51.7 Å². The van der Waals surface area contributed by atoms with Crippen molar-refractivity contribution in [2.75, 3.05) is 43.0 Å². The molecule has 2 fully saturated rings. The van der Waals surface area contributed by atoms with Gasteiger partial charge in [0, 0.05) is 37.6 Å². The van der Waals surface area contributed by atoms with Crippen LogP contribution >= 0.6 is 15.9 Å². The number of aryl methyl sites for hydroxylation is 5. The number of nitrogens with two attached hydrogens (primary N) is 2. The Morgan fingerprint density at radius 1 is 0.510 bits per heavy atom. The topological polar surface area (TPSA) is 551 Å². The molecular weight excluding hydrogens is 1370 g/mol. The molecule has 2 aliphatic carbocycles. The molecule has 9 aromatic rings. The van der Waals surface area contributed by atoms with E-state index in [1.165, 1.54) is 65.5 Å². The van der Waals surface area contributed by atoms with Crippen LogP contribution in [-0.4, -0.2) is 146 Å². The number of primary amides is 1. The first-order valence-electron chi connectivity index (χ1n) is 30.0. The minimum Gasteiger partial charge on any atom is -0.464 e. The van der Waals surface area contributed by atoms with Crippen LogP contribution < -0.4 is 60.5 Å². The summed E-state index contributed by atoms with van der Waals surface area (Å²) in [6.45, 7) is 8.13. The molecule has 2 saturated carbocycles. The van der Waals surface area contributed by atoms with Crippen molar-refractivity contribution in [3.8, 4) is 0 Å². The minimum absolute atomic E-state index is 0.00626. The Hall–Kier alpha value is -12.6. The van der Waals surface area contributed by atoms with Crippen LogP contribution in [-0.2, 0) is 24.7 Å². The SMILES string of the molecule is COC(=O)c1[nH]c(=O)c(Br)nc1C.COC(=O)c1[nH]c(=O)c(Nc2ccncn2)nc1C.COC(=O)c1[nH]c(=O)cnc1C.Cc1nc(Nc2ccncn2)c(=O)[nH]c1C(N)=O.Cc1nc(Nc2ccncn2)c(=O)n2c1C(=O)NC21CCCCC1.Nc1ccncn1.O=C1CCCCC1. The van der Waals surface area contributed by atoms with Gasteiger partial charge in [-0.25, -0.2) is 74.2 Å². The number of hydrogen-bond acceptors (Lipinski definition) is 31. The summed E-state index contributed by atoms with van der Waals surface area (Å²) in [6.07, 6.45) is 22.7. The number of aromatic nitrogens is 18. The van der Waals surface area contributed by atoms with Crippen molar-refractivity contribution in [1.82, 2.24) is 94.6 Å². The molecule has 0 aromatic carbocycles. The number of H-pyrrole nitrogens is 4. The van der Waals surface area contributed by atoms with E-state index in [9.17, 15) is 52.7 Å². The Labute approximate surface area is 574 Å². The molecule has 10 heterocycles. The summed E-state index contributed by atoms with van der Waals surface area (Å²) in [4.78, 5) is 185. The van der Waals surface area contributed by atoms with Crippen molar-refractivity contribution in [3.63, 3.8) is 0 Å². The number of methoxy groups -OCH3 is 3. The molecule has 1 aliphatic heterocycles. The highest BCUT2D eigenvalue weighted by Crippen LogP contribution is 2.37. The van der Waals surface area contributed by atoms with E-state index in [0.717, 1.165) is 64.0 Å². The first-order chi connectivity index (χ1) is 47.8. The molecule has 0 saturated heterocycles. The lowest BCUT2D eigenvalue weighted by Gasteiger charge is -2.35. The van der Waals surface area contributed by atoms with Crippen LogP contribution in [0.3, 0.4) is 0 Å². The van der Waals surface area contributed by atoms with Crippen LogP contribution in [0.1, 0.15) is 145 Å². The first-order valence-corrected chi connectivity index (χ1v) is 30.8. The molecule has 0 radical (unpaired) electrons. The molecule has 0 unspecified atom stereocenters. The van der Waals surface area contributed by atoms with Crippen LogP contribution in [0, 0.1) is 34.6 Å². The Kier molecular flexibility index (Phi) is 28.3. The van der Waals surface area contributed by atoms with E-state index in [2.05, 4.69) is 136 Å². The second kappa shape index (κ2) is 37.1. The highest BCUT2D eigenvalue weighted by atomic mass is 79.9. The van der Waals surface area contributed by atoms with Crippen LogP contribution in [0.2, 0.25) is 0 Å². The molecule has 100 heavy (non-hydrogen) atoms. The van der Waals surface area contributed by atoms with Gasteiger partial charge in [-0.1, -0.05) is 12.8 Å². The van der Waals surface area contributed by atoms with Gasteiger partial charge < -0.3 is 66.9 Å². The summed E-state index contributed by atoms with van der Waals surface area (Å²) in [5.74, 6) is -0.198. The maximum Gasteiger partial charge on any atom is 0.356 e. The monoisotopic (exact) mass is 1440 g/mol. The molecule has 1 spiro atoms. The summed E-state index contributed by atoms with van der Waals surface area (Å²) in [6, 6.07) is 6.47. The standard InChI is InChI=1S/C16H18N6O2.C11H11N5O3.C10H10N6O2.C7H7BrN2O3.C7H8N2O3.C6H10O.C4H5N3/c1-10-12-14(23)21-16(6-3-2-4-7-16)22(12)15(24)13(19-10)20-11-5-8-17-9-18-11;1-6-8(11(18)19-2)16-10(17)9(14-6)15-7-3-4-12-5-13-7;1-5-7(8(11)17)16-10(18)9(14-5)15-6-2-3-12-4-13-6;1-3-4(7(12)13-2)10-6(11)5(8)9-3;1-4-6(7(11)12-2)9-5(10)3-8-4;7-6-4-2-1-3-5-6;5-4-1-2-6-3-7-4/h5,8-9H,2-4,6-7H2,1H3,(H,21,23)(H,17,18,19,20);3-5H,1-2H3,(H,16,17)(H,12,13,14,15);2-4H,1H3,(H2,11,17)(H,16,18)(H,12,13,14,15);1-2H3,(H,10,11);3H,1-2H3,(H,9,10);1-5H2;1-3H,(H2,5,6,7). The van der Waals surface area contributed by atoms with E-state index in [-0.39, 0.29) is 56.3 Å². The van der Waals surface area contributed by atoms with Gasteiger partial charge >= 0.3 is 17.9 Å². The summed E-state index contributed by atoms with van der Waals surface area (Å²) >= 11 is 2.94. The summed E-state index contributed by atoms with van der Waals surface area (Å²) in [5.41, 5.74) is 10.1. The third kappa shape index (κ3) is 21.7. The second-order valence-electron chi connectivity index (χ2n) is 21.1. The number of rotatable bonds is 10. The largest absolute Gasteiger partial charge is 0.464 e. The van der Waals surface area contributed by atoms with E-state index in [1.807, 2.05) is 0 Å². The van der Waals surface area contributed by atoms with E-state index in [0.29, 0.717) is 63.2 Å². The van der Waals surface area contributed by atoms with Gasteiger partial charge in [0.05, 0.1) is 56.0 Å². The predicted molar refractivity (Wildman–Crippen MR) is 361 cm³/mol. The van der Waals surface area contributed by atoms with E-state index in [4.69, 9.17) is 11.5 Å².